The van der Waals surface area contributed by atoms with E-state index in [2.05, 4.69) is 40.8 Å². The van der Waals surface area contributed by atoms with Gasteiger partial charge in [-0.25, -0.2) is 10.7 Å². The minimum atomic E-state index is -0.264. The van der Waals surface area contributed by atoms with Gasteiger partial charge in [-0.3, -0.25) is 4.84 Å². The molecule has 0 unspecified atom stereocenters. The van der Waals surface area contributed by atoms with Crippen molar-refractivity contribution in [2.45, 2.75) is 0 Å². The van der Waals surface area contributed by atoms with E-state index >= 15 is 0 Å². The van der Waals surface area contributed by atoms with Crippen LogP contribution in [-0.2, 0) is 29.4 Å². The van der Waals surface area contributed by atoms with E-state index in [0.717, 1.165) is 0 Å². The zero-order chi connectivity index (χ0) is 11.5. The predicted octanol–water partition coefficient (Wildman–Crippen LogP) is -3.60. The number of hydrogen-bond donors (Lipinski definition) is 5. The molecule has 0 aromatic heterocycles. The number of rotatable bonds is 10. The molecule has 0 radical (unpaired) electrons. The van der Waals surface area contributed by atoms with Crippen molar-refractivity contribution in [2.75, 3.05) is 13.8 Å². The van der Waals surface area contributed by atoms with Gasteiger partial charge in [0.05, 0.1) is 7.11 Å². The highest BCUT2D eigenvalue weighted by atomic mass is 17.3. The maximum atomic E-state index is 4.92. The number of nitrogens with two attached hydrogens (primary N) is 3. The quantitative estimate of drug-likeness (QED) is 0.108. The zero-order valence-corrected chi connectivity index (χ0v) is 7.78. The summed E-state index contributed by atoms with van der Waals surface area (Å²) >= 11 is 0. The van der Waals surface area contributed by atoms with Crippen LogP contribution in [0.2, 0.25) is 0 Å². The van der Waals surface area contributed by atoms with Crippen LogP contribution in [0.3, 0.4) is 0 Å². The molecule has 0 heterocycles. The topological polar surface area (TPSA) is 164 Å². The summed E-state index contributed by atoms with van der Waals surface area (Å²) in [7, 11) is 1.29. The second kappa shape index (κ2) is 10.0. The summed E-state index contributed by atoms with van der Waals surface area (Å²) in [5.74, 6) is 14.2. The highest BCUT2D eigenvalue weighted by Gasteiger charge is 2.05. The van der Waals surface area contributed by atoms with E-state index in [0.29, 0.717) is 10.7 Å². The molecular weight excluding hydrogens is 218 g/mol. The highest BCUT2D eigenvalue weighted by molar-refractivity contribution is 3.99. The number of hydroxylamine groups is 1. The van der Waals surface area contributed by atoms with E-state index in [4.69, 9.17) is 11.7 Å². The first-order valence-electron chi connectivity index (χ1n) is 3.31. The third-order valence-electron chi connectivity index (χ3n) is 0.769. The molecule has 13 heteroatoms. The van der Waals surface area contributed by atoms with Crippen LogP contribution in [0.4, 0.5) is 0 Å². The zero-order valence-electron chi connectivity index (χ0n) is 7.78. The van der Waals surface area contributed by atoms with Gasteiger partial charge in [0.25, 0.3) is 0 Å². The number of hydrogen-bond acceptors (Lipinski definition) is 13. The summed E-state index contributed by atoms with van der Waals surface area (Å²) in [6.07, 6.45) is 0. The van der Waals surface area contributed by atoms with Crippen LogP contribution < -0.4 is 28.8 Å². The third-order valence-corrected chi connectivity index (χ3v) is 0.769. The van der Waals surface area contributed by atoms with E-state index < -0.39 is 0 Å². The normalized spacial score (nSPS) is 11.6. The molecule has 0 saturated heterocycles. The van der Waals surface area contributed by atoms with Gasteiger partial charge in [-0.1, -0.05) is 5.64 Å². The molecule has 92 valence electrons. The summed E-state index contributed by atoms with van der Waals surface area (Å²) in [5.41, 5.74) is 4.03. The molecule has 0 aromatic carbocycles. The van der Waals surface area contributed by atoms with Gasteiger partial charge < -0.3 is 0 Å². The molecule has 0 atom stereocenters. The molecular formula is C2H13N7O6. The largest absolute Gasteiger partial charge is 0.278 e. The Labute approximate surface area is 83.9 Å². The van der Waals surface area contributed by atoms with E-state index in [1.54, 1.807) is 0 Å². The minimum absolute atomic E-state index is 0.264. The third kappa shape index (κ3) is 8.47. The van der Waals surface area contributed by atoms with Gasteiger partial charge in [0.15, 0.2) is 0 Å². The Morgan fingerprint density at radius 2 is 1.93 bits per heavy atom. The van der Waals surface area contributed by atoms with Gasteiger partial charge in [0, 0.05) is 5.34 Å². The van der Waals surface area contributed by atoms with E-state index in [9.17, 15) is 0 Å². The fourth-order valence-electron chi connectivity index (χ4n) is 0.337. The van der Waals surface area contributed by atoms with Crippen molar-refractivity contribution in [3.63, 3.8) is 0 Å². The van der Waals surface area contributed by atoms with Gasteiger partial charge in [0.2, 0.25) is 0 Å². The monoisotopic (exact) mass is 231 g/mol. The highest BCUT2D eigenvalue weighted by Crippen LogP contribution is 1.86. The van der Waals surface area contributed by atoms with Crippen molar-refractivity contribution < 1.29 is 29.4 Å². The number of nitrogens with one attached hydrogen (secondary N) is 2. The number of nitrogens with zero attached hydrogens (tertiary/aromatic N) is 2. The van der Waals surface area contributed by atoms with Crippen molar-refractivity contribution in [1.29, 1.82) is 0 Å². The van der Waals surface area contributed by atoms with Crippen LogP contribution in [-0.4, -0.2) is 24.6 Å². The lowest BCUT2D eigenvalue weighted by Gasteiger charge is -2.16. The van der Waals surface area contributed by atoms with Gasteiger partial charge in [0.1, 0.15) is 12.1 Å². The molecule has 0 rings (SSSR count). The molecule has 0 spiro atoms. The van der Waals surface area contributed by atoms with Gasteiger partial charge in [-0.05, 0) is 0 Å². The fraction of sp³-hybridized carbons (Fsp3) is 1.00. The molecule has 15 heavy (non-hydrogen) atoms. The van der Waals surface area contributed by atoms with Crippen LogP contribution in [0, 0.1) is 0 Å². The van der Waals surface area contributed by atoms with Gasteiger partial charge >= 0.3 is 0 Å². The summed E-state index contributed by atoms with van der Waals surface area (Å²) in [5, 5.41) is 0.690. The predicted molar refractivity (Wildman–Crippen MR) is 39.8 cm³/mol. The SMILES string of the molecule is CONON(ON)OCNON(N)ON. The van der Waals surface area contributed by atoms with Crippen molar-refractivity contribution >= 4 is 0 Å². The van der Waals surface area contributed by atoms with Crippen LogP contribution in [0.1, 0.15) is 0 Å². The molecule has 0 aliphatic heterocycles. The maximum Gasteiger partial charge on any atom is 0.148 e. The van der Waals surface area contributed by atoms with Gasteiger partial charge in [-0.2, -0.15) is 32.1 Å². The van der Waals surface area contributed by atoms with Crippen molar-refractivity contribution in [1.82, 2.24) is 21.8 Å². The molecule has 13 nitrogen and oxygen atoms in total. The average molecular weight is 231 g/mol. The summed E-state index contributed by atoms with van der Waals surface area (Å²) in [4.78, 5) is 25.5. The summed E-state index contributed by atoms with van der Waals surface area (Å²) < 4.78 is 0. The standard InChI is InChI=1S/C2H13N7O6/c1-10-7-15-9(13-5)11-2-6-14-8(3)12-4/h6-7H,2-5H2,1H3. The lowest BCUT2D eigenvalue weighted by atomic mass is 11.4. The molecule has 0 aromatic rings. The van der Waals surface area contributed by atoms with Crippen molar-refractivity contribution in [2.24, 2.45) is 17.6 Å². The lowest BCUT2D eigenvalue weighted by molar-refractivity contribution is -0.570. The Morgan fingerprint density at radius 1 is 1.20 bits per heavy atom. The Hall–Kier alpha value is -0.520. The van der Waals surface area contributed by atoms with E-state index in [-0.39, 0.29) is 6.73 Å². The summed E-state index contributed by atoms with van der Waals surface area (Å²) in [6, 6.07) is 0. The Balaban J connectivity index is 3.37. The maximum absolute atomic E-state index is 4.92. The second-order valence-corrected chi connectivity index (χ2v) is 1.61. The molecule has 0 fully saturated rings. The van der Waals surface area contributed by atoms with Crippen molar-refractivity contribution in [3.8, 4) is 0 Å². The first-order chi connectivity index (χ1) is 7.24. The lowest BCUT2D eigenvalue weighted by Crippen LogP contribution is -2.42. The molecule has 0 saturated carbocycles. The second-order valence-electron chi connectivity index (χ2n) is 1.61. The Morgan fingerprint density at radius 3 is 2.47 bits per heavy atom. The molecule has 0 aliphatic carbocycles. The Kier molecular flexibility index (Phi) is 9.67. The minimum Gasteiger partial charge on any atom is -0.278 e. The molecule has 0 aliphatic rings. The molecule has 0 bridgehead atoms. The number of hydrazine groups is 1. The van der Waals surface area contributed by atoms with Crippen LogP contribution >= 0.6 is 0 Å². The van der Waals surface area contributed by atoms with Crippen molar-refractivity contribution in [3.05, 3.63) is 0 Å². The van der Waals surface area contributed by atoms with E-state index in [1.165, 1.54) is 7.11 Å². The molecule has 0 amide bonds. The average Bonchev–Trinajstić information content (AvgIpc) is 2.27. The summed E-state index contributed by atoms with van der Waals surface area (Å²) in [6.45, 7) is -0.264. The first kappa shape index (κ1) is 14.5. The van der Waals surface area contributed by atoms with Crippen LogP contribution in [0.15, 0.2) is 0 Å². The first-order valence-corrected chi connectivity index (χ1v) is 3.31. The smallest absolute Gasteiger partial charge is 0.148 e. The Bertz CT molecular complexity index is 139. The van der Waals surface area contributed by atoms with Crippen LogP contribution in [0.5, 0.6) is 0 Å². The van der Waals surface area contributed by atoms with Crippen LogP contribution in [0.25, 0.3) is 0 Å². The molecule has 8 N–H and O–H groups in total. The van der Waals surface area contributed by atoms with E-state index in [1.807, 2.05) is 5.64 Å². The van der Waals surface area contributed by atoms with Gasteiger partial charge in [-0.15, -0.1) is 4.94 Å². The fourth-order valence-corrected chi connectivity index (χ4v) is 0.337.